The van der Waals surface area contributed by atoms with E-state index >= 15 is 0 Å². The third-order valence-electron chi connectivity index (χ3n) is 2.54. The molecule has 1 atom stereocenters. The van der Waals surface area contributed by atoms with E-state index in [2.05, 4.69) is 0 Å². The topological polar surface area (TPSA) is 80.7 Å². The molecule has 0 aliphatic rings. The van der Waals surface area contributed by atoms with Crippen molar-refractivity contribution in [3.8, 4) is 5.75 Å². The molecule has 2 aromatic carbocycles. The number of rotatable bonds is 4. The molecule has 0 saturated heterocycles. The molecule has 108 valence electrons. The molecule has 5 nitrogen and oxygen atoms in total. The van der Waals surface area contributed by atoms with Gasteiger partial charge in [-0.25, -0.2) is 4.21 Å². The van der Waals surface area contributed by atoms with Gasteiger partial charge in [0.25, 0.3) is 0 Å². The van der Waals surface area contributed by atoms with Crippen molar-refractivity contribution < 1.29 is 21.4 Å². The second-order valence-corrected chi connectivity index (χ2v) is 6.59. The van der Waals surface area contributed by atoms with Gasteiger partial charge in [0.2, 0.25) is 0 Å². The van der Waals surface area contributed by atoms with Crippen molar-refractivity contribution >= 4 is 50.8 Å². The number of benzene rings is 2. The predicted molar refractivity (Wildman–Crippen MR) is 81.6 cm³/mol. The molecule has 2 aromatic rings. The molecule has 0 amide bonds. The zero-order valence-electron chi connectivity index (χ0n) is 10.5. The van der Waals surface area contributed by atoms with Crippen LogP contribution in [0, 0.1) is 6.92 Å². The fourth-order valence-corrected chi connectivity index (χ4v) is 2.79. The van der Waals surface area contributed by atoms with Crippen LogP contribution in [-0.2, 0) is 21.2 Å². The Morgan fingerprint density at radius 1 is 1.00 bits per heavy atom. The van der Waals surface area contributed by atoms with E-state index in [1.807, 2.05) is 6.92 Å². The van der Waals surface area contributed by atoms with E-state index in [0.29, 0.717) is 0 Å². The Kier molecular flexibility index (Phi) is 6.58. The van der Waals surface area contributed by atoms with Gasteiger partial charge in [0.15, 0.2) is 11.1 Å². The predicted octanol–water partition coefficient (Wildman–Crippen LogP) is 1.69. The second kappa shape index (κ2) is 7.53. The zero-order chi connectivity index (χ0) is 14.8. The first-order chi connectivity index (χ1) is 9.38. The molecule has 0 aromatic heterocycles. The standard InChI is InChI=1S/C13H12O5S2.Na.H/c1-10-2-8-13(9-3-10)20(16,17)18-11-4-6-12(7-5-11)19(14)15;;/h2-9H,1H3,(H,14,15);;. The SMILES string of the molecule is Cc1ccc(S(=O)(=O)Oc2ccc(S(=O)O)cc2)cc1.[NaH]. The molecule has 1 N–H and O–H groups in total. The van der Waals surface area contributed by atoms with Crippen LogP contribution in [0.5, 0.6) is 5.75 Å². The molecule has 0 radical (unpaired) electrons. The molecule has 0 aliphatic carbocycles. The molecule has 21 heavy (non-hydrogen) atoms. The molecule has 0 aliphatic heterocycles. The van der Waals surface area contributed by atoms with E-state index in [1.54, 1.807) is 12.1 Å². The number of hydrogen-bond acceptors (Lipinski definition) is 4. The Labute approximate surface area is 148 Å². The van der Waals surface area contributed by atoms with Crippen molar-refractivity contribution in [2.75, 3.05) is 0 Å². The van der Waals surface area contributed by atoms with Gasteiger partial charge in [0.05, 0.1) is 4.90 Å². The Morgan fingerprint density at radius 3 is 2.00 bits per heavy atom. The van der Waals surface area contributed by atoms with Gasteiger partial charge in [-0.3, -0.25) is 0 Å². The first-order valence-electron chi connectivity index (χ1n) is 5.60. The van der Waals surface area contributed by atoms with Gasteiger partial charge in [-0.1, -0.05) is 17.7 Å². The maximum absolute atomic E-state index is 12.0. The van der Waals surface area contributed by atoms with E-state index in [0.717, 1.165) is 5.56 Å². The van der Waals surface area contributed by atoms with Gasteiger partial charge < -0.3 is 8.74 Å². The minimum absolute atomic E-state index is 0. The van der Waals surface area contributed by atoms with Crippen molar-refractivity contribution in [2.45, 2.75) is 16.7 Å². The van der Waals surface area contributed by atoms with Crippen LogP contribution in [0.25, 0.3) is 0 Å². The summed E-state index contributed by atoms with van der Waals surface area (Å²) >= 11 is -2.10. The van der Waals surface area contributed by atoms with Crippen LogP contribution in [0.1, 0.15) is 5.56 Å². The first-order valence-corrected chi connectivity index (χ1v) is 8.12. The summed E-state index contributed by atoms with van der Waals surface area (Å²) in [4.78, 5) is 0.225. The van der Waals surface area contributed by atoms with Gasteiger partial charge >= 0.3 is 39.7 Å². The fraction of sp³-hybridized carbons (Fsp3) is 0.0769. The fourth-order valence-electron chi connectivity index (χ4n) is 1.49. The summed E-state index contributed by atoms with van der Waals surface area (Å²) in [7, 11) is -3.90. The summed E-state index contributed by atoms with van der Waals surface area (Å²) < 4.78 is 48.6. The van der Waals surface area contributed by atoms with Crippen molar-refractivity contribution in [1.29, 1.82) is 0 Å². The van der Waals surface area contributed by atoms with Crippen LogP contribution < -0.4 is 4.18 Å². The Bertz CT molecular complexity index is 724. The van der Waals surface area contributed by atoms with Crippen molar-refractivity contribution in [3.05, 3.63) is 54.1 Å². The van der Waals surface area contributed by atoms with Gasteiger partial charge in [0, 0.05) is 0 Å². The Hall–Kier alpha value is -0.700. The van der Waals surface area contributed by atoms with Crippen LogP contribution in [0.4, 0.5) is 0 Å². The van der Waals surface area contributed by atoms with E-state index in [4.69, 9.17) is 8.74 Å². The summed E-state index contributed by atoms with van der Waals surface area (Å²) in [5.74, 6) is 0.0831. The molecule has 0 bridgehead atoms. The molecular formula is C13H13NaO5S2. The average Bonchev–Trinajstić information content (AvgIpc) is 2.39. The van der Waals surface area contributed by atoms with Gasteiger partial charge in [-0.05, 0) is 43.3 Å². The van der Waals surface area contributed by atoms with Crippen LogP contribution >= 0.6 is 0 Å². The van der Waals surface area contributed by atoms with Gasteiger partial charge in [0.1, 0.15) is 10.6 Å². The molecule has 0 spiro atoms. The number of aryl methyl sites for hydroxylation is 1. The molecule has 8 heteroatoms. The summed E-state index contributed by atoms with van der Waals surface area (Å²) in [6.45, 7) is 1.85. The summed E-state index contributed by atoms with van der Waals surface area (Å²) in [5.41, 5.74) is 0.943. The molecule has 2 rings (SSSR count). The van der Waals surface area contributed by atoms with Crippen molar-refractivity contribution in [2.24, 2.45) is 0 Å². The van der Waals surface area contributed by atoms with E-state index < -0.39 is 21.2 Å². The molecule has 0 fully saturated rings. The van der Waals surface area contributed by atoms with Gasteiger partial charge in [-0.15, -0.1) is 0 Å². The summed E-state index contributed by atoms with van der Waals surface area (Å²) in [5, 5.41) is 0. The Balaban J connectivity index is 0.00000220. The molecule has 0 heterocycles. The minimum atomic E-state index is -3.90. The monoisotopic (exact) mass is 336 g/mol. The maximum atomic E-state index is 12.0. The first kappa shape index (κ1) is 18.3. The second-order valence-electron chi connectivity index (χ2n) is 4.07. The van der Waals surface area contributed by atoms with E-state index in [1.165, 1.54) is 36.4 Å². The van der Waals surface area contributed by atoms with Crippen molar-refractivity contribution in [3.63, 3.8) is 0 Å². The third kappa shape index (κ3) is 4.91. The molecular weight excluding hydrogens is 323 g/mol. The van der Waals surface area contributed by atoms with Gasteiger partial charge in [-0.2, -0.15) is 8.42 Å². The average molecular weight is 336 g/mol. The molecule has 1 unspecified atom stereocenters. The van der Waals surface area contributed by atoms with Crippen LogP contribution in [0.3, 0.4) is 0 Å². The zero-order valence-corrected chi connectivity index (χ0v) is 12.1. The van der Waals surface area contributed by atoms with Crippen LogP contribution in [0.15, 0.2) is 58.3 Å². The summed E-state index contributed by atoms with van der Waals surface area (Å²) in [6, 6.07) is 11.6. The quantitative estimate of drug-likeness (QED) is 0.522. The number of hydrogen-bond donors (Lipinski definition) is 1. The van der Waals surface area contributed by atoms with Crippen LogP contribution in [0.2, 0.25) is 0 Å². The molecule has 0 saturated carbocycles. The van der Waals surface area contributed by atoms with E-state index in [9.17, 15) is 12.6 Å². The van der Waals surface area contributed by atoms with Crippen LogP contribution in [-0.4, -0.2) is 46.7 Å². The van der Waals surface area contributed by atoms with E-state index in [-0.39, 0.29) is 45.1 Å². The normalized spacial score (nSPS) is 12.3. The third-order valence-corrected chi connectivity index (χ3v) is 4.48. The van der Waals surface area contributed by atoms with Crippen molar-refractivity contribution in [1.82, 2.24) is 0 Å². The Morgan fingerprint density at radius 2 is 1.52 bits per heavy atom. The summed E-state index contributed by atoms with van der Waals surface area (Å²) in [6.07, 6.45) is 0.